The molecule has 2 N–H and O–H groups in total. The lowest BCUT2D eigenvalue weighted by atomic mass is 9.71. The van der Waals surface area contributed by atoms with E-state index in [1.807, 2.05) is 0 Å². The van der Waals surface area contributed by atoms with Crippen LogP contribution in [-0.4, -0.2) is 43.1 Å². The number of benzene rings is 1. The first-order chi connectivity index (χ1) is 19.0. The van der Waals surface area contributed by atoms with Gasteiger partial charge in [-0.3, -0.25) is 14.4 Å². The van der Waals surface area contributed by atoms with E-state index in [0.717, 1.165) is 18.9 Å². The van der Waals surface area contributed by atoms with Gasteiger partial charge in [-0.1, -0.05) is 0 Å². The van der Waals surface area contributed by atoms with E-state index < -0.39 is 59.5 Å². The molecule has 0 radical (unpaired) electrons. The Morgan fingerprint density at radius 2 is 1.76 bits per heavy atom. The number of nitrogens with zero attached hydrogens (tertiary/aromatic N) is 4. The second-order valence-corrected chi connectivity index (χ2v) is 10.5. The van der Waals surface area contributed by atoms with Crippen molar-refractivity contribution in [3.63, 3.8) is 0 Å². The fourth-order valence-corrected chi connectivity index (χ4v) is 5.17. The molecule has 2 fully saturated rings. The molecule has 2 aliphatic rings. The summed E-state index contributed by atoms with van der Waals surface area (Å²) in [7, 11) is 1.40. The van der Waals surface area contributed by atoms with E-state index >= 15 is 0 Å². The van der Waals surface area contributed by atoms with Crippen molar-refractivity contribution in [1.29, 1.82) is 0 Å². The first-order valence-corrected chi connectivity index (χ1v) is 12.5. The van der Waals surface area contributed by atoms with Crippen LogP contribution in [0.15, 0.2) is 24.4 Å². The topological polar surface area (TPSA) is 111 Å². The van der Waals surface area contributed by atoms with Crippen LogP contribution in [0.1, 0.15) is 75.1 Å². The van der Waals surface area contributed by atoms with Crippen molar-refractivity contribution in [3.8, 4) is 0 Å². The molecule has 0 aliphatic heterocycles. The molecule has 41 heavy (non-hydrogen) atoms. The highest BCUT2D eigenvalue weighted by Crippen LogP contribution is 2.51. The van der Waals surface area contributed by atoms with Crippen LogP contribution in [0.4, 0.5) is 32.0 Å². The molecule has 0 unspecified atom stereocenters. The van der Waals surface area contributed by atoms with Crippen LogP contribution in [0.25, 0.3) is 0 Å². The summed E-state index contributed by atoms with van der Waals surface area (Å²) in [5, 5.41) is 13.0. The zero-order chi connectivity index (χ0) is 30.1. The van der Waals surface area contributed by atoms with Gasteiger partial charge in [-0.25, -0.2) is 13.2 Å². The first-order valence-electron chi connectivity index (χ1n) is 12.5. The highest BCUT2D eigenvalue weighted by molar-refractivity contribution is 6.43. The lowest BCUT2D eigenvalue weighted by Crippen LogP contribution is -2.61. The Balaban J connectivity index is 1.39. The molecule has 1 aromatic carbocycles. The summed E-state index contributed by atoms with van der Waals surface area (Å²) in [4.78, 5) is 40.9. The van der Waals surface area contributed by atoms with Crippen molar-refractivity contribution < 1.29 is 40.7 Å². The summed E-state index contributed by atoms with van der Waals surface area (Å²) in [5.41, 5.74) is -3.53. The second kappa shape index (κ2) is 9.45. The fraction of sp³-hybridized carbons (Fsp3) is 0.423. The third kappa shape index (κ3) is 5.08. The van der Waals surface area contributed by atoms with E-state index in [1.54, 1.807) is 0 Å². The SMILES string of the molecule is Cc1c(C(=O)C(=O)NC2(c3cnn(C4CC4)n3)CC(F)(F)C2)c(C)n(C)c1C(=O)Nc1ccc(F)c(C(F)(F)F)c1. The molecular weight excluding hydrogens is 558 g/mol. The quantitative estimate of drug-likeness (QED) is 0.240. The molecule has 0 saturated heterocycles. The van der Waals surface area contributed by atoms with Crippen LogP contribution in [0.5, 0.6) is 0 Å². The van der Waals surface area contributed by atoms with E-state index in [1.165, 1.54) is 36.5 Å². The number of anilines is 1. The van der Waals surface area contributed by atoms with Crippen LogP contribution in [-0.2, 0) is 23.6 Å². The summed E-state index contributed by atoms with van der Waals surface area (Å²) in [6, 6.07) is 2.00. The minimum atomic E-state index is -5.00. The molecule has 5 rings (SSSR count). The van der Waals surface area contributed by atoms with Crippen molar-refractivity contribution in [2.24, 2.45) is 7.05 Å². The number of carbonyl (C=O) groups excluding carboxylic acids is 3. The Kier molecular flexibility index (Phi) is 6.54. The predicted molar refractivity (Wildman–Crippen MR) is 131 cm³/mol. The second-order valence-electron chi connectivity index (χ2n) is 10.5. The van der Waals surface area contributed by atoms with Gasteiger partial charge in [0.2, 0.25) is 0 Å². The van der Waals surface area contributed by atoms with Gasteiger partial charge in [0.25, 0.3) is 23.5 Å². The van der Waals surface area contributed by atoms with E-state index in [2.05, 4.69) is 20.8 Å². The number of nitrogens with one attached hydrogen (secondary N) is 2. The molecule has 15 heteroatoms. The monoisotopic (exact) mass is 582 g/mol. The molecule has 2 aromatic heterocycles. The molecule has 0 bridgehead atoms. The standard InChI is InChI=1S/C26H24F6N6O3/c1-12-19(13(2)37(3)20(12)22(40)34-14-4-7-17(27)16(8-14)26(30,31)32)21(39)23(41)35-24(10-25(28,29)11-24)18-9-33-38(36-18)15-5-6-15/h4,7-9,15H,5-6,10-11H2,1-3H3,(H,34,40)(H,35,41). The summed E-state index contributed by atoms with van der Waals surface area (Å²) in [5.74, 6) is -7.81. The number of amides is 2. The lowest BCUT2D eigenvalue weighted by Gasteiger charge is -2.46. The Labute approximate surface area is 228 Å². The number of aromatic nitrogens is 4. The van der Waals surface area contributed by atoms with Gasteiger partial charge in [0.05, 0.1) is 28.9 Å². The number of halogens is 6. The van der Waals surface area contributed by atoms with Crippen LogP contribution in [0.3, 0.4) is 0 Å². The van der Waals surface area contributed by atoms with Crippen LogP contribution < -0.4 is 10.6 Å². The molecule has 9 nitrogen and oxygen atoms in total. The lowest BCUT2D eigenvalue weighted by molar-refractivity contribution is -0.148. The Morgan fingerprint density at radius 3 is 2.34 bits per heavy atom. The van der Waals surface area contributed by atoms with Gasteiger partial charge in [-0.05, 0) is 50.5 Å². The molecule has 218 valence electrons. The van der Waals surface area contributed by atoms with E-state index in [9.17, 15) is 40.7 Å². The van der Waals surface area contributed by atoms with Gasteiger partial charge >= 0.3 is 6.18 Å². The Morgan fingerprint density at radius 1 is 1.10 bits per heavy atom. The van der Waals surface area contributed by atoms with Gasteiger partial charge in [-0.2, -0.15) is 28.2 Å². The maximum atomic E-state index is 14.0. The van der Waals surface area contributed by atoms with E-state index in [4.69, 9.17) is 0 Å². The third-order valence-electron chi connectivity index (χ3n) is 7.45. The minimum absolute atomic E-state index is 0.0356. The number of alkyl halides is 5. The number of Topliss-reactive ketones (excluding diaryl/α,β-unsaturated/α-hetero) is 1. The number of ketones is 1. The van der Waals surface area contributed by atoms with E-state index in [-0.39, 0.29) is 39.9 Å². The number of carbonyl (C=O) groups is 3. The zero-order valence-electron chi connectivity index (χ0n) is 22.0. The summed E-state index contributed by atoms with van der Waals surface area (Å²) < 4.78 is 82.2. The molecule has 3 aromatic rings. The summed E-state index contributed by atoms with van der Waals surface area (Å²) >= 11 is 0. The molecule has 0 atom stereocenters. The normalized spacial score (nSPS) is 17.6. The zero-order valence-corrected chi connectivity index (χ0v) is 22.0. The van der Waals surface area contributed by atoms with E-state index in [0.29, 0.717) is 12.1 Å². The molecular formula is C26H24F6N6O3. The number of rotatable bonds is 7. The number of hydrogen-bond donors (Lipinski definition) is 2. The first kappa shape index (κ1) is 28.4. The van der Waals surface area contributed by atoms with Crippen LogP contribution in [0, 0.1) is 19.7 Å². The predicted octanol–water partition coefficient (Wildman–Crippen LogP) is 4.60. The van der Waals surface area contributed by atoms with Crippen molar-refractivity contribution in [2.75, 3.05) is 5.32 Å². The van der Waals surface area contributed by atoms with Crippen molar-refractivity contribution in [3.05, 3.63) is 64.0 Å². The van der Waals surface area contributed by atoms with Crippen molar-refractivity contribution in [1.82, 2.24) is 24.9 Å². The van der Waals surface area contributed by atoms with Crippen LogP contribution in [0.2, 0.25) is 0 Å². The summed E-state index contributed by atoms with van der Waals surface area (Å²) in [6.45, 7) is 2.81. The Bertz CT molecular complexity index is 1580. The van der Waals surface area contributed by atoms with Gasteiger partial charge < -0.3 is 15.2 Å². The third-order valence-corrected chi connectivity index (χ3v) is 7.45. The van der Waals surface area contributed by atoms with Crippen molar-refractivity contribution >= 4 is 23.3 Å². The smallest absolute Gasteiger partial charge is 0.343 e. The maximum Gasteiger partial charge on any atom is 0.419 e. The average molecular weight is 583 g/mol. The van der Waals surface area contributed by atoms with Gasteiger partial charge in [0.1, 0.15) is 17.2 Å². The molecule has 0 spiro atoms. The van der Waals surface area contributed by atoms with Gasteiger partial charge in [0, 0.05) is 31.3 Å². The largest absolute Gasteiger partial charge is 0.419 e. The van der Waals surface area contributed by atoms with Gasteiger partial charge in [-0.15, -0.1) is 0 Å². The average Bonchev–Trinajstić information content (AvgIpc) is 3.53. The highest BCUT2D eigenvalue weighted by Gasteiger charge is 2.60. The fourth-order valence-electron chi connectivity index (χ4n) is 5.17. The highest BCUT2D eigenvalue weighted by atomic mass is 19.4. The van der Waals surface area contributed by atoms with Crippen molar-refractivity contribution in [2.45, 2.75) is 63.2 Å². The molecule has 2 heterocycles. The minimum Gasteiger partial charge on any atom is -0.343 e. The van der Waals surface area contributed by atoms with Gasteiger partial charge in [0.15, 0.2) is 0 Å². The molecule has 2 saturated carbocycles. The summed E-state index contributed by atoms with van der Waals surface area (Å²) in [6.07, 6.45) is -3.58. The Hall–Kier alpha value is -4.17. The maximum absolute atomic E-state index is 14.0. The number of hydrogen-bond acceptors (Lipinski definition) is 5. The van der Waals surface area contributed by atoms with Crippen LogP contribution >= 0.6 is 0 Å². The molecule has 2 aliphatic carbocycles. The molecule has 2 amide bonds.